The molecule has 3 aromatic carbocycles. The van der Waals surface area contributed by atoms with Gasteiger partial charge in [0.25, 0.3) is 0 Å². The highest BCUT2D eigenvalue weighted by molar-refractivity contribution is 8.00. The van der Waals surface area contributed by atoms with Gasteiger partial charge >= 0.3 is 0 Å². The Bertz CT molecular complexity index is 1140. The number of anilines is 2. The van der Waals surface area contributed by atoms with Crippen molar-refractivity contribution in [1.82, 2.24) is 0 Å². The third-order valence-corrected chi connectivity index (χ3v) is 6.59. The van der Waals surface area contributed by atoms with Gasteiger partial charge in [-0.3, -0.25) is 14.4 Å². The molecule has 32 heavy (non-hydrogen) atoms. The molecule has 1 saturated heterocycles. The summed E-state index contributed by atoms with van der Waals surface area (Å²) in [4.78, 5) is 40.2. The summed E-state index contributed by atoms with van der Waals surface area (Å²) in [5.74, 6) is -0.440. The van der Waals surface area contributed by atoms with E-state index < -0.39 is 5.25 Å². The van der Waals surface area contributed by atoms with Gasteiger partial charge in [-0.2, -0.15) is 0 Å². The number of carbonyl (C=O) groups is 3. The van der Waals surface area contributed by atoms with Gasteiger partial charge in [-0.15, -0.1) is 11.8 Å². The second-order valence-corrected chi connectivity index (χ2v) is 9.13. The number of hydrogen-bond acceptors (Lipinski definition) is 4. The van der Waals surface area contributed by atoms with Crippen LogP contribution in [-0.2, 0) is 20.8 Å². The molecule has 1 heterocycles. The minimum Gasteiger partial charge on any atom is -0.326 e. The summed E-state index contributed by atoms with van der Waals surface area (Å²) in [6, 6.07) is 22.7. The molecule has 6 heteroatoms. The lowest BCUT2D eigenvalue weighted by Crippen LogP contribution is -2.32. The lowest BCUT2D eigenvalue weighted by Gasteiger charge is -2.19. The Labute approximate surface area is 191 Å². The maximum Gasteiger partial charge on any atom is 0.247 e. The van der Waals surface area contributed by atoms with Crippen LogP contribution >= 0.6 is 11.8 Å². The highest BCUT2D eigenvalue weighted by Crippen LogP contribution is 2.36. The Balaban J connectivity index is 1.40. The van der Waals surface area contributed by atoms with Gasteiger partial charge in [0, 0.05) is 17.0 Å². The number of amides is 3. The van der Waals surface area contributed by atoms with Crippen LogP contribution in [0.1, 0.15) is 23.1 Å². The highest BCUT2D eigenvalue weighted by atomic mass is 32.2. The van der Waals surface area contributed by atoms with E-state index >= 15 is 0 Å². The zero-order valence-corrected chi connectivity index (χ0v) is 18.8. The molecule has 0 saturated carbocycles. The molecule has 0 aromatic heterocycles. The Morgan fingerprint density at radius 1 is 0.938 bits per heavy atom. The van der Waals surface area contributed by atoms with Crippen LogP contribution in [0.3, 0.4) is 0 Å². The van der Waals surface area contributed by atoms with Crippen LogP contribution in [0.15, 0.2) is 77.7 Å². The summed E-state index contributed by atoms with van der Waals surface area (Å²) < 4.78 is 0. The van der Waals surface area contributed by atoms with Crippen molar-refractivity contribution in [1.29, 1.82) is 0 Å². The number of nitrogens with zero attached hydrogens (tertiary/aromatic N) is 1. The molecule has 5 nitrogen and oxygen atoms in total. The Kier molecular flexibility index (Phi) is 6.42. The number of benzene rings is 3. The highest BCUT2D eigenvalue weighted by Gasteiger charge is 2.41. The molecule has 1 N–H and O–H groups in total. The first-order valence-corrected chi connectivity index (χ1v) is 11.3. The van der Waals surface area contributed by atoms with E-state index in [0.29, 0.717) is 17.8 Å². The molecule has 0 radical (unpaired) electrons. The molecule has 3 amide bonds. The van der Waals surface area contributed by atoms with E-state index in [0.717, 1.165) is 21.6 Å². The van der Waals surface area contributed by atoms with Gasteiger partial charge in [0.2, 0.25) is 17.7 Å². The third kappa shape index (κ3) is 4.75. The SMILES string of the molecule is Cc1cccc(C)c1N1C(=O)CC(Sc2ccc(NC(=O)Cc3ccccc3)cc2)C1=O. The minimum atomic E-state index is -0.458. The van der Waals surface area contributed by atoms with Crippen molar-refractivity contribution < 1.29 is 14.4 Å². The fourth-order valence-corrected chi connectivity index (χ4v) is 4.91. The molecule has 162 valence electrons. The van der Waals surface area contributed by atoms with E-state index in [1.54, 1.807) is 0 Å². The number of rotatable bonds is 6. The predicted octanol–water partition coefficient (Wildman–Crippen LogP) is 4.91. The normalized spacial score (nSPS) is 15.8. The molecule has 1 fully saturated rings. The number of nitrogens with one attached hydrogen (secondary N) is 1. The molecule has 0 bridgehead atoms. The van der Waals surface area contributed by atoms with Crippen molar-refractivity contribution in [3.8, 4) is 0 Å². The lowest BCUT2D eigenvalue weighted by atomic mass is 10.1. The largest absolute Gasteiger partial charge is 0.326 e. The van der Waals surface area contributed by atoms with Crippen LogP contribution in [0.5, 0.6) is 0 Å². The monoisotopic (exact) mass is 444 g/mol. The van der Waals surface area contributed by atoms with Gasteiger partial charge in [0.05, 0.1) is 17.4 Å². The van der Waals surface area contributed by atoms with Gasteiger partial charge in [-0.05, 0) is 54.8 Å². The maximum atomic E-state index is 13.0. The predicted molar refractivity (Wildman–Crippen MR) is 128 cm³/mol. The van der Waals surface area contributed by atoms with Crippen molar-refractivity contribution in [2.45, 2.75) is 36.8 Å². The van der Waals surface area contributed by atoms with Crippen molar-refractivity contribution >= 4 is 40.9 Å². The minimum absolute atomic E-state index is 0.0857. The average molecular weight is 445 g/mol. The third-order valence-electron chi connectivity index (χ3n) is 5.39. The molecule has 1 aliphatic heterocycles. The fraction of sp³-hybridized carbons (Fsp3) is 0.192. The van der Waals surface area contributed by atoms with Gasteiger partial charge < -0.3 is 5.32 Å². The number of hydrogen-bond donors (Lipinski definition) is 1. The number of thioether (sulfide) groups is 1. The van der Waals surface area contributed by atoms with E-state index in [2.05, 4.69) is 5.32 Å². The van der Waals surface area contributed by atoms with Crippen LogP contribution in [0.2, 0.25) is 0 Å². The zero-order valence-electron chi connectivity index (χ0n) is 18.0. The quantitative estimate of drug-likeness (QED) is 0.549. The number of imide groups is 1. The van der Waals surface area contributed by atoms with Gasteiger partial charge in [0.1, 0.15) is 0 Å². The first-order valence-electron chi connectivity index (χ1n) is 10.5. The molecule has 4 rings (SSSR count). The van der Waals surface area contributed by atoms with E-state index in [4.69, 9.17) is 0 Å². The van der Waals surface area contributed by atoms with Crippen molar-refractivity contribution in [2.24, 2.45) is 0 Å². The summed E-state index contributed by atoms with van der Waals surface area (Å²) in [7, 11) is 0. The summed E-state index contributed by atoms with van der Waals surface area (Å²) in [6.45, 7) is 3.82. The van der Waals surface area contributed by atoms with Gasteiger partial charge in [0.15, 0.2) is 0 Å². The summed E-state index contributed by atoms with van der Waals surface area (Å²) in [6.07, 6.45) is 0.483. The van der Waals surface area contributed by atoms with Gasteiger partial charge in [-0.1, -0.05) is 48.5 Å². The van der Waals surface area contributed by atoms with Gasteiger partial charge in [-0.25, -0.2) is 4.90 Å². The van der Waals surface area contributed by atoms with Crippen molar-refractivity contribution in [3.05, 3.63) is 89.5 Å². The van der Waals surface area contributed by atoms with E-state index in [1.807, 2.05) is 86.6 Å². The summed E-state index contributed by atoms with van der Waals surface area (Å²) in [5, 5.41) is 2.43. The fourth-order valence-electron chi connectivity index (χ4n) is 3.86. The first-order chi connectivity index (χ1) is 15.4. The average Bonchev–Trinajstić information content (AvgIpc) is 3.03. The smallest absolute Gasteiger partial charge is 0.247 e. The molecule has 1 atom stereocenters. The molecule has 0 spiro atoms. The standard InChI is InChI=1S/C26H24N2O3S/c1-17-7-6-8-18(2)25(17)28-24(30)16-22(26(28)31)32-21-13-11-20(12-14-21)27-23(29)15-19-9-4-3-5-10-19/h3-14,22H,15-16H2,1-2H3,(H,27,29). The van der Waals surface area contributed by atoms with Crippen LogP contribution in [0, 0.1) is 13.8 Å². The topological polar surface area (TPSA) is 66.5 Å². The molecule has 3 aromatic rings. The lowest BCUT2D eigenvalue weighted by molar-refractivity contribution is -0.121. The zero-order chi connectivity index (χ0) is 22.7. The van der Waals surface area contributed by atoms with E-state index in [-0.39, 0.29) is 24.1 Å². The first kappa shape index (κ1) is 21.8. The molecular weight excluding hydrogens is 420 g/mol. The molecule has 0 aliphatic carbocycles. The Morgan fingerprint density at radius 3 is 2.25 bits per heavy atom. The Hall–Kier alpha value is -3.38. The maximum absolute atomic E-state index is 13.0. The summed E-state index contributed by atoms with van der Waals surface area (Å²) >= 11 is 1.38. The van der Waals surface area contributed by atoms with Crippen LogP contribution in [0.25, 0.3) is 0 Å². The van der Waals surface area contributed by atoms with Crippen LogP contribution < -0.4 is 10.2 Å². The molecule has 1 aliphatic rings. The number of aryl methyl sites for hydroxylation is 2. The molecule has 1 unspecified atom stereocenters. The summed E-state index contributed by atoms with van der Waals surface area (Å²) in [5.41, 5.74) is 4.17. The van der Waals surface area contributed by atoms with Crippen LogP contribution in [-0.4, -0.2) is 23.0 Å². The van der Waals surface area contributed by atoms with Crippen LogP contribution in [0.4, 0.5) is 11.4 Å². The van der Waals surface area contributed by atoms with E-state index in [9.17, 15) is 14.4 Å². The second-order valence-electron chi connectivity index (χ2n) is 7.85. The van der Waals surface area contributed by atoms with Crippen molar-refractivity contribution in [3.63, 3.8) is 0 Å². The second kappa shape index (κ2) is 9.40. The number of para-hydroxylation sites is 1. The number of carbonyl (C=O) groups excluding carboxylic acids is 3. The van der Waals surface area contributed by atoms with Crippen molar-refractivity contribution in [2.75, 3.05) is 10.2 Å². The molecular formula is C26H24N2O3S. The van der Waals surface area contributed by atoms with E-state index in [1.165, 1.54) is 16.7 Å². The Morgan fingerprint density at radius 2 is 1.59 bits per heavy atom.